The monoisotopic (exact) mass is 524 g/mol. The van der Waals surface area contributed by atoms with E-state index in [1.54, 1.807) is 0 Å². The normalized spacial score (nSPS) is 15.5. The molecule has 2 aliphatic rings. The zero-order valence-corrected chi connectivity index (χ0v) is 21.1. The Hall–Kier alpha value is -2.65. The maximum Gasteiger partial charge on any atom is 0.338 e. The van der Waals surface area contributed by atoms with Gasteiger partial charge < -0.3 is 24.7 Å². The lowest BCUT2D eigenvalue weighted by atomic mass is 9.82. The minimum absolute atomic E-state index is 0. The van der Waals surface area contributed by atoms with Crippen molar-refractivity contribution in [3.63, 3.8) is 0 Å². The summed E-state index contributed by atoms with van der Waals surface area (Å²) in [5.41, 5.74) is -0.384. The summed E-state index contributed by atoms with van der Waals surface area (Å²) in [6.07, 6.45) is 1.61. The van der Waals surface area contributed by atoms with Crippen LogP contribution in [0.5, 0.6) is 11.5 Å². The number of rotatable bonds is 7. The van der Waals surface area contributed by atoms with Gasteiger partial charge in [-0.3, -0.25) is 9.59 Å². The molecule has 0 amide bonds. The number of likely N-dealkylation sites (N-methyl/N-ethyl adjacent to an activating group) is 1. The molecule has 190 valence electrons. The third-order valence-electron chi connectivity index (χ3n) is 6.35. The molecule has 2 aromatic rings. The van der Waals surface area contributed by atoms with Gasteiger partial charge in [-0.2, -0.15) is 0 Å². The number of unbranched alkanes of at least 4 members (excludes halogenated alkanes) is 1. The minimum Gasteiger partial charge on any atom is -0.507 e. The Morgan fingerprint density at radius 1 is 0.886 bits per heavy atom. The van der Waals surface area contributed by atoms with Gasteiger partial charge >= 0.3 is 5.97 Å². The molecule has 0 unspecified atom stereocenters. The highest BCUT2D eigenvalue weighted by Gasteiger charge is 2.35. The number of nitrogens with zero attached hydrogens (tertiary/aromatic N) is 2. The Morgan fingerprint density at radius 3 is 2.23 bits per heavy atom. The van der Waals surface area contributed by atoms with Crippen LogP contribution in [0.25, 0.3) is 0 Å². The molecular weight excluding hydrogens is 495 g/mol. The van der Waals surface area contributed by atoms with E-state index in [0.717, 1.165) is 51.8 Å². The van der Waals surface area contributed by atoms with Crippen LogP contribution >= 0.6 is 24.8 Å². The van der Waals surface area contributed by atoms with Crippen LogP contribution in [-0.2, 0) is 4.74 Å². The Bertz CT molecular complexity index is 1100. The smallest absolute Gasteiger partial charge is 0.338 e. The van der Waals surface area contributed by atoms with Crippen molar-refractivity contribution in [1.82, 2.24) is 9.80 Å². The maximum atomic E-state index is 12.9. The predicted octanol–water partition coefficient (Wildman–Crippen LogP) is 3.29. The van der Waals surface area contributed by atoms with Crippen LogP contribution in [0.15, 0.2) is 30.3 Å². The van der Waals surface area contributed by atoms with Gasteiger partial charge in [-0.1, -0.05) is 19.1 Å². The van der Waals surface area contributed by atoms with E-state index in [1.807, 2.05) is 0 Å². The van der Waals surface area contributed by atoms with E-state index >= 15 is 0 Å². The number of esters is 1. The Kier molecular flexibility index (Phi) is 10.1. The van der Waals surface area contributed by atoms with E-state index in [0.29, 0.717) is 6.42 Å². The van der Waals surface area contributed by atoms with E-state index in [4.69, 9.17) is 4.74 Å². The van der Waals surface area contributed by atoms with Crippen molar-refractivity contribution in [2.75, 3.05) is 45.9 Å². The number of ketones is 2. The van der Waals surface area contributed by atoms with Crippen molar-refractivity contribution in [2.24, 2.45) is 0 Å². The van der Waals surface area contributed by atoms with E-state index in [2.05, 4.69) is 16.7 Å². The average Bonchev–Trinajstić information content (AvgIpc) is 2.82. The Balaban J connectivity index is 0.00000216. The summed E-state index contributed by atoms with van der Waals surface area (Å²) in [6.45, 7) is 8.70. The molecule has 10 heteroatoms. The molecule has 2 aromatic carbocycles. The second-order valence-corrected chi connectivity index (χ2v) is 8.39. The van der Waals surface area contributed by atoms with Gasteiger partial charge in [0.1, 0.15) is 11.5 Å². The van der Waals surface area contributed by atoms with Crippen molar-refractivity contribution >= 4 is 42.3 Å². The first kappa shape index (κ1) is 28.6. The predicted molar refractivity (Wildman–Crippen MR) is 136 cm³/mol. The zero-order chi connectivity index (χ0) is 23.5. The molecule has 0 spiro atoms. The van der Waals surface area contributed by atoms with Crippen molar-refractivity contribution in [3.05, 3.63) is 58.1 Å². The van der Waals surface area contributed by atoms with Crippen molar-refractivity contribution in [2.45, 2.75) is 19.8 Å². The number of phenolic OH excluding ortho intramolecular Hbond substituents is 2. The maximum absolute atomic E-state index is 12.9. The first-order valence-corrected chi connectivity index (χ1v) is 11.3. The van der Waals surface area contributed by atoms with Crippen LogP contribution in [0.4, 0.5) is 0 Å². The lowest BCUT2D eigenvalue weighted by Gasteiger charge is -2.33. The molecule has 0 aromatic heterocycles. The number of phenols is 2. The topological polar surface area (TPSA) is 107 Å². The minimum atomic E-state index is -0.661. The van der Waals surface area contributed by atoms with Crippen molar-refractivity contribution < 1.29 is 29.3 Å². The number of carbonyl (C=O) groups is 3. The van der Waals surface area contributed by atoms with Gasteiger partial charge in [-0.25, -0.2) is 4.79 Å². The summed E-state index contributed by atoms with van der Waals surface area (Å²) in [5.74, 6) is -2.67. The van der Waals surface area contributed by atoms with Crippen LogP contribution in [-0.4, -0.2) is 83.4 Å². The Morgan fingerprint density at radius 2 is 1.54 bits per heavy atom. The molecule has 1 aliphatic heterocycles. The molecule has 0 bridgehead atoms. The molecule has 35 heavy (non-hydrogen) atoms. The summed E-state index contributed by atoms with van der Waals surface area (Å²) in [7, 11) is 0. The summed E-state index contributed by atoms with van der Waals surface area (Å²) in [4.78, 5) is 43.0. The average molecular weight is 525 g/mol. The summed E-state index contributed by atoms with van der Waals surface area (Å²) < 4.78 is 5.34. The van der Waals surface area contributed by atoms with Crippen LogP contribution in [0, 0.1) is 0 Å². The standard InChI is InChI=1S/C25H28N2O6.2ClH/c1-2-26-9-11-27(12-10-26)8-3-4-13-33-25(32)16-14-18-22(20(29)15-16)24(31)21-17(23(18)30)6-5-7-19(21)28;;/h5-7,14-15,28-29H,2-4,8-13H2,1H3;2*1H. The molecule has 0 radical (unpaired) electrons. The van der Waals surface area contributed by atoms with Gasteiger partial charge in [-0.05, 0) is 44.1 Å². The third kappa shape index (κ3) is 5.95. The van der Waals surface area contributed by atoms with Crippen molar-refractivity contribution in [3.8, 4) is 11.5 Å². The number of carbonyl (C=O) groups excluding carboxylic acids is 3. The molecular formula is C25H30Cl2N2O6. The fourth-order valence-corrected chi connectivity index (χ4v) is 4.42. The van der Waals surface area contributed by atoms with Gasteiger partial charge in [0.2, 0.25) is 5.78 Å². The first-order valence-electron chi connectivity index (χ1n) is 11.3. The number of ether oxygens (including phenoxy) is 1. The van der Waals surface area contributed by atoms with Crippen molar-refractivity contribution in [1.29, 1.82) is 0 Å². The highest BCUT2D eigenvalue weighted by Crippen LogP contribution is 2.37. The number of aromatic hydroxyl groups is 2. The molecule has 1 aliphatic carbocycles. The van der Waals surface area contributed by atoms with Gasteiger partial charge in [0, 0.05) is 37.3 Å². The van der Waals surface area contributed by atoms with E-state index in [-0.39, 0.29) is 65.0 Å². The van der Waals surface area contributed by atoms with Gasteiger partial charge in [-0.15, -0.1) is 24.8 Å². The molecule has 8 nitrogen and oxygen atoms in total. The van der Waals surface area contributed by atoms with Crippen LogP contribution in [0.3, 0.4) is 0 Å². The van der Waals surface area contributed by atoms with Gasteiger partial charge in [0.25, 0.3) is 0 Å². The molecule has 1 heterocycles. The molecule has 2 N–H and O–H groups in total. The quantitative estimate of drug-likeness (QED) is 0.358. The number of benzene rings is 2. The van der Waals surface area contributed by atoms with Gasteiger partial charge in [0.05, 0.1) is 23.3 Å². The van der Waals surface area contributed by atoms with Gasteiger partial charge in [0.15, 0.2) is 5.78 Å². The zero-order valence-electron chi connectivity index (χ0n) is 19.5. The van der Waals surface area contributed by atoms with Crippen LogP contribution < -0.4 is 0 Å². The van der Waals surface area contributed by atoms with E-state index in [9.17, 15) is 24.6 Å². The largest absolute Gasteiger partial charge is 0.507 e. The molecule has 1 saturated heterocycles. The second kappa shape index (κ2) is 12.4. The lowest BCUT2D eigenvalue weighted by Crippen LogP contribution is -2.46. The number of piperazine rings is 1. The SMILES string of the molecule is CCN1CCN(CCCCOC(=O)c2cc(O)c3c(c2)C(=O)c2cccc(O)c2C3=O)CC1.Cl.Cl. The number of hydrogen-bond acceptors (Lipinski definition) is 8. The van der Waals surface area contributed by atoms with E-state index in [1.165, 1.54) is 24.3 Å². The highest BCUT2D eigenvalue weighted by molar-refractivity contribution is 6.30. The van der Waals surface area contributed by atoms with Crippen LogP contribution in [0.1, 0.15) is 62.0 Å². The molecule has 0 saturated carbocycles. The number of halogens is 2. The molecule has 0 atom stereocenters. The molecule has 4 rings (SSSR count). The Labute approximate surface area is 216 Å². The fourth-order valence-electron chi connectivity index (χ4n) is 4.42. The lowest BCUT2D eigenvalue weighted by molar-refractivity contribution is 0.0491. The third-order valence-corrected chi connectivity index (χ3v) is 6.35. The van der Waals surface area contributed by atoms with Crippen LogP contribution in [0.2, 0.25) is 0 Å². The highest BCUT2D eigenvalue weighted by atomic mass is 35.5. The number of hydrogen-bond donors (Lipinski definition) is 2. The summed E-state index contributed by atoms with van der Waals surface area (Å²) in [5, 5.41) is 20.4. The summed E-state index contributed by atoms with van der Waals surface area (Å²) >= 11 is 0. The number of fused-ring (bicyclic) bond motifs is 2. The summed E-state index contributed by atoms with van der Waals surface area (Å²) in [6, 6.07) is 6.61. The van der Waals surface area contributed by atoms with E-state index < -0.39 is 23.3 Å². The first-order chi connectivity index (χ1) is 15.9. The second-order valence-electron chi connectivity index (χ2n) is 8.39. The molecule has 1 fully saturated rings. The fraction of sp³-hybridized carbons (Fsp3) is 0.400.